The van der Waals surface area contributed by atoms with E-state index < -0.39 is 5.97 Å². The Labute approximate surface area is 151 Å². The molecular formula is C20H17N3O3. The van der Waals surface area contributed by atoms with Gasteiger partial charge in [-0.25, -0.2) is 4.79 Å². The highest BCUT2D eigenvalue weighted by molar-refractivity contribution is 5.89. The molecule has 2 aromatic carbocycles. The van der Waals surface area contributed by atoms with Crippen LogP contribution in [0, 0.1) is 11.3 Å². The molecule has 0 saturated heterocycles. The van der Waals surface area contributed by atoms with Crippen molar-refractivity contribution in [2.75, 3.05) is 0 Å². The summed E-state index contributed by atoms with van der Waals surface area (Å²) >= 11 is 0. The highest BCUT2D eigenvalue weighted by atomic mass is 16.6. The number of benzene rings is 2. The molecule has 0 unspecified atom stereocenters. The maximum atomic E-state index is 12.0. The number of esters is 1. The molecule has 130 valence electrons. The molecule has 3 rings (SSSR count). The first-order chi connectivity index (χ1) is 12.6. The van der Waals surface area contributed by atoms with Gasteiger partial charge in [0.25, 0.3) is 5.89 Å². The van der Waals surface area contributed by atoms with Crippen molar-refractivity contribution in [2.45, 2.75) is 26.4 Å². The molecule has 1 heterocycles. The molecule has 0 aliphatic rings. The van der Waals surface area contributed by atoms with Crippen molar-refractivity contribution in [2.24, 2.45) is 0 Å². The molecule has 0 spiro atoms. The number of carbonyl (C=O) groups is 1. The van der Waals surface area contributed by atoms with Crippen LogP contribution < -0.4 is 0 Å². The molecule has 0 saturated carbocycles. The van der Waals surface area contributed by atoms with Crippen molar-refractivity contribution < 1.29 is 14.1 Å². The maximum Gasteiger partial charge on any atom is 0.338 e. The third-order valence-electron chi connectivity index (χ3n) is 3.88. The van der Waals surface area contributed by atoms with Gasteiger partial charge in [-0.15, -0.1) is 0 Å². The van der Waals surface area contributed by atoms with E-state index in [1.807, 2.05) is 30.3 Å². The Kier molecular flexibility index (Phi) is 5.09. The fourth-order valence-electron chi connectivity index (χ4n) is 2.34. The van der Waals surface area contributed by atoms with Crippen LogP contribution in [0.2, 0.25) is 0 Å². The van der Waals surface area contributed by atoms with Gasteiger partial charge in [0.05, 0.1) is 17.2 Å². The van der Waals surface area contributed by atoms with E-state index in [1.165, 1.54) is 17.7 Å². The largest absolute Gasteiger partial charge is 0.452 e. The number of nitriles is 1. The summed E-state index contributed by atoms with van der Waals surface area (Å²) in [6, 6.07) is 16.1. The fourth-order valence-corrected chi connectivity index (χ4v) is 2.34. The predicted octanol–water partition coefficient (Wildman–Crippen LogP) is 4.09. The molecule has 0 N–H and O–H groups in total. The topological polar surface area (TPSA) is 89.0 Å². The van der Waals surface area contributed by atoms with Crippen molar-refractivity contribution in [3.05, 3.63) is 71.1 Å². The van der Waals surface area contributed by atoms with Gasteiger partial charge in [-0.1, -0.05) is 43.3 Å². The van der Waals surface area contributed by atoms with Gasteiger partial charge in [0.2, 0.25) is 5.82 Å². The van der Waals surface area contributed by atoms with E-state index in [4.69, 9.17) is 14.5 Å². The summed E-state index contributed by atoms with van der Waals surface area (Å²) in [5, 5.41) is 12.7. The van der Waals surface area contributed by atoms with Gasteiger partial charge < -0.3 is 9.26 Å². The Morgan fingerprint density at radius 3 is 2.46 bits per heavy atom. The zero-order valence-electron chi connectivity index (χ0n) is 14.5. The van der Waals surface area contributed by atoms with E-state index >= 15 is 0 Å². The highest BCUT2D eigenvalue weighted by Crippen LogP contribution is 2.20. The Balaban J connectivity index is 1.63. The molecular weight excluding hydrogens is 330 g/mol. The second-order valence-corrected chi connectivity index (χ2v) is 6.05. The summed E-state index contributed by atoms with van der Waals surface area (Å²) in [5.41, 5.74) is 2.90. The van der Waals surface area contributed by atoms with Crippen LogP contribution in [0.15, 0.2) is 53.1 Å². The number of hydrogen-bond donors (Lipinski definition) is 0. The normalized spacial score (nSPS) is 10.5. The lowest BCUT2D eigenvalue weighted by Crippen LogP contribution is -2.05. The van der Waals surface area contributed by atoms with Gasteiger partial charge in [-0.05, 0) is 35.7 Å². The van der Waals surface area contributed by atoms with Crippen LogP contribution in [0.4, 0.5) is 0 Å². The summed E-state index contributed by atoms with van der Waals surface area (Å²) in [6.07, 6.45) is 0. The average molecular weight is 347 g/mol. The monoisotopic (exact) mass is 347 g/mol. The first-order valence-electron chi connectivity index (χ1n) is 8.17. The SMILES string of the molecule is CC(C)c1ccc(-c2noc(COC(=O)c3ccc(C#N)cc3)n2)cc1. The van der Waals surface area contributed by atoms with Gasteiger partial charge in [0.15, 0.2) is 6.61 Å². The second-order valence-electron chi connectivity index (χ2n) is 6.05. The molecule has 3 aromatic rings. The van der Waals surface area contributed by atoms with Gasteiger partial charge in [-0.2, -0.15) is 10.2 Å². The number of rotatable bonds is 5. The van der Waals surface area contributed by atoms with E-state index in [9.17, 15) is 4.79 Å². The van der Waals surface area contributed by atoms with E-state index in [-0.39, 0.29) is 12.5 Å². The minimum atomic E-state index is -0.518. The lowest BCUT2D eigenvalue weighted by molar-refractivity contribution is 0.0430. The first-order valence-corrected chi connectivity index (χ1v) is 8.17. The summed E-state index contributed by atoms with van der Waals surface area (Å²) in [6.45, 7) is 4.14. The smallest absolute Gasteiger partial charge is 0.338 e. The summed E-state index contributed by atoms with van der Waals surface area (Å²) in [4.78, 5) is 16.3. The minimum Gasteiger partial charge on any atom is -0.452 e. The van der Waals surface area contributed by atoms with E-state index in [0.717, 1.165) is 5.56 Å². The number of carbonyl (C=O) groups excluding carboxylic acids is 1. The van der Waals surface area contributed by atoms with Crippen LogP contribution >= 0.6 is 0 Å². The first kappa shape index (κ1) is 17.4. The average Bonchev–Trinajstić information content (AvgIpc) is 3.15. The van der Waals surface area contributed by atoms with Gasteiger partial charge >= 0.3 is 5.97 Å². The van der Waals surface area contributed by atoms with E-state index in [1.54, 1.807) is 12.1 Å². The summed E-state index contributed by atoms with van der Waals surface area (Å²) in [5.74, 6) is 0.599. The molecule has 1 aromatic heterocycles. The van der Waals surface area contributed by atoms with Crippen LogP contribution in [-0.4, -0.2) is 16.1 Å². The third-order valence-corrected chi connectivity index (χ3v) is 3.88. The third kappa shape index (κ3) is 3.95. The Hall–Kier alpha value is -3.46. The van der Waals surface area contributed by atoms with Crippen LogP contribution in [0.3, 0.4) is 0 Å². The van der Waals surface area contributed by atoms with Crippen LogP contribution in [0.25, 0.3) is 11.4 Å². The van der Waals surface area contributed by atoms with Crippen molar-refractivity contribution in [1.29, 1.82) is 5.26 Å². The van der Waals surface area contributed by atoms with Crippen molar-refractivity contribution in [3.63, 3.8) is 0 Å². The molecule has 6 heteroatoms. The van der Waals surface area contributed by atoms with Crippen LogP contribution in [0.5, 0.6) is 0 Å². The lowest BCUT2D eigenvalue weighted by Gasteiger charge is -2.04. The zero-order chi connectivity index (χ0) is 18.5. The highest BCUT2D eigenvalue weighted by Gasteiger charge is 2.13. The summed E-state index contributed by atoms with van der Waals surface area (Å²) in [7, 11) is 0. The van der Waals surface area contributed by atoms with Gasteiger partial charge in [0.1, 0.15) is 0 Å². The molecule has 0 atom stereocenters. The standard InChI is InChI=1S/C20H17N3O3/c1-13(2)15-7-9-16(10-8-15)19-22-18(26-23-19)12-25-20(24)17-5-3-14(11-21)4-6-17/h3-10,13H,12H2,1-2H3. The van der Waals surface area contributed by atoms with Crippen molar-refractivity contribution >= 4 is 5.97 Å². The molecule has 26 heavy (non-hydrogen) atoms. The fraction of sp³-hybridized carbons (Fsp3) is 0.200. The van der Waals surface area contributed by atoms with Gasteiger partial charge in [-0.3, -0.25) is 0 Å². The summed E-state index contributed by atoms with van der Waals surface area (Å²) < 4.78 is 10.3. The van der Waals surface area contributed by atoms with Crippen LogP contribution in [-0.2, 0) is 11.3 Å². The Bertz CT molecular complexity index is 936. The van der Waals surface area contributed by atoms with Crippen molar-refractivity contribution in [3.8, 4) is 17.5 Å². The maximum absolute atomic E-state index is 12.0. The molecule has 0 fully saturated rings. The molecule has 6 nitrogen and oxygen atoms in total. The number of ether oxygens (including phenoxy) is 1. The number of aromatic nitrogens is 2. The number of hydrogen-bond acceptors (Lipinski definition) is 6. The quantitative estimate of drug-likeness (QED) is 0.646. The van der Waals surface area contributed by atoms with Crippen molar-refractivity contribution in [1.82, 2.24) is 10.1 Å². The minimum absolute atomic E-state index is 0.115. The Morgan fingerprint density at radius 1 is 1.15 bits per heavy atom. The zero-order valence-corrected chi connectivity index (χ0v) is 14.5. The second kappa shape index (κ2) is 7.62. The number of nitrogens with zero attached hydrogens (tertiary/aromatic N) is 3. The lowest BCUT2D eigenvalue weighted by atomic mass is 10.0. The molecule has 0 amide bonds. The predicted molar refractivity (Wildman–Crippen MR) is 94.1 cm³/mol. The molecule has 0 aliphatic carbocycles. The van der Waals surface area contributed by atoms with E-state index in [2.05, 4.69) is 24.0 Å². The van der Waals surface area contributed by atoms with Gasteiger partial charge in [0, 0.05) is 5.56 Å². The Morgan fingerprint density at radius 2 is 1.85 bits per heavy atom. The van der Waals surface area contributed by atoms with Crippen LogP contribution in [0.1, 0.15) is 47.1 Å². The molecule has 0 aliphatic heterocycles. The molecule has 0 radical (unpaired) electrons. The molecule has 0 bridgehead atoms. The van der Waals surface area contributed by atoms with E-state index in [0.29, 0.717) is 22.9 Å².